The van der Waals surface area contributed by atoms with Crippen LogP contribution >= 0.6 is 27.3 Å². The molecule has 0 atom stereocenters. The Balaban J connectivity index is 1.59. The van der Waals surface area contributed by atoms with E-state index >= 15 is 0 Å². The van der Waals surface area contributed by atoms with Crippen LogP contribution in [0, 0.1) is 6.92 Å². The third-order valence-electron chi connectivity index (χ3n) is 3.92. The molecule has 0 fully saturated rings. The zero-order chi connectivity index (χ0) is 20.1. The standard InChI is InChI=1S/C20H18BrN3O3S/c1-12-18(13-5-9-16(27-2)10-6-13)24-20(28-12)23-17(25)11-22-19(26)14-3-7-15(21)8-4-14/h3-10H,11H2,1-2H3,(H,22,26)(H,23,24,25). The molecule has 0 radical (unpaired) electrons. The molecule has 0 aliphatic rings. The van der Waals surface area contributed by atoms with Crippen molar-refractivity contribution in [3.05, 3.63) is 63.4 Å². The number of nitrogens with one attached hydrogen (secondary N) is 2. The average molecular weight is 460 g/mol. The van der Waals surface area contributed by atoms with Gasteiger partial charge in [0, 0.05) is 20.5 Å². The number of amides is 2. The summed E-state index contributed by atoms with van der Waals surface area (Å²) >= 11 is 4.71. The lowest BCUT2D eigenvalue weighted by atomic mass is 10.1. The predicted octanol–water partition coefficient (Wildman–Crippen LogP) is 4.26. The van der Waals surface area contributed by atoms with E-state index in [-0.39, 0.29) is 18.4 Å². The van der Waals surface area contributed by atoms with Crippen LogP contribution in [-0.4, -0.2) is 30.5 Å². The Bertz CT molecular complexity index is 985. The average Bonchev–Trinajstić information content (AvgIpc) is 3.06. The second kappa shape index (κ2) is 8.99. The third-order valence-corrected chi connectivity index (χ3v) is 5.34. The summed E-state index contributed by atoms with van der Waals surface area (Å²) in [4.78, 5) is 29.7. The fourth-order valence-electron chi connectivity index (χ4n) is 2.49. The Hall–Kier alpha value is -2.71. The number of carbonyl (C=O) groups is 2. The normalized spacial score (nSPS) is 10.4. The molecule has 0 saturated heterocycles. The Kier molecular flexibility index (Phi) is 6.43. The van der Waals surface area contributed by atoms with Crippen LogP contribution in [0.4, 0.5) is 5.13 Å². The van der Waals surface area contributed by atoms with E-state index in [1.54, 1.807) is 31.4 Å². The molecule has 1 heterocycles. The topological polar surface area (TPSA) is 80.3 Å². The number of aromatic nitrogens is 1. The largest absolute Gasteiger partial charge is 0.497 e. The lowest BCUT2D eigenvalue weighted by Crippen LogP contribution is -2.32. The molecule has 3 aromatic rings. The molecular weight excluding hydrogens is 442 g/mol. The molecule has 1 aromatic heterocycles. The molecule has 2 amide bonds. The molecule has 8 heteroatoms. The summed E-state index contributed by atoms with van der Waals surface area (Å²) in [5.74, 6) is 0.129. The molecule has 0 aliphatic carbocycles. The lowest BCUT2D eigenvalue weighted by molar-refractivity contribution is -0.115. The maximum atomic E-state index is 12.2. The number of rotatable bonds is 6. The van der Waals surface area contributed by atoms with Gasteiger partial charge in [-0.3, -0.25) is 9.59 Å². The van der Waals surface area contributed by atoms with Gasteiger partial charge in [0.15, 0.2) is 5.13 Å². The quantitative estimate of drug-likeness (QED) is 0.576. The first-order valence-electron chi connectivity index (χ1n) is 8.41. The molecule has 0 bridgehead atoms. The fourth-order valence-corrected chi connectivity index (χ4v) is 3.61. The van der Waals surface area contributed by atoms with Gasteiger partial charge in [-0.05, 0) is 55.5 Å². The fraction of sp³-hybridized carbons (Fsp3) is 0.150. The number of thiazole rings is 1. The van der Waals surface area contributed by atoms with Crippen molar-refractivity contribution < 1.29 is 14.3 Å². The molecular formula is C20H18BrN3O3S. The van der Waals surface area contributed by atoms with Crippen molar-refractivity contribution in [3.8, 4) is 17.0 Å². The smallest absolute Gasteiger partial charge is 0.251 e. The maximum absolute atomic E-state index is 12.2. The summed E-state index contributed by atoms with van der Waals surface area (Å²) in [6.07, 6.45) is 0. The Morgan fingerprint density at radius 3 is 2.43 bits per heavy atom. The Morgan fingerprint density at radius 1 is 1.11 bits per heavy atom. The summed E-state index contributed by atoms with van der Waals surface area (Å²) in [5, 5.41) is 5.83. The highest BCUT2D eigenvalue weighted by Gasteiger charge is 2.13. The molecule has 2 aromatic carbocycles. The molecule has 0 unspecified atom stereocenters. The zero-order valence-corrected chi connectivity index (χ0v) is 17.7. The minimum absolute atomic E-state index is 0.134. The van der Waals surface area contributed by atoms with Crippen LogP contribution in [0.1, 0.15) is 15.2 Å². The minimum Gasteiger partial charge on any atom is -0.497 e. The monoisotopic (exact) mass is 459 g/mol. The van der Waals surface area contributed by atoms with Gasteiger partial charge >= 0.3 is 0 Å². The van der Waals surface area contributed by atoms with Crippen molar-refractivity contribution in [2.75, 3.05) is 19.0 Å². The van der Waals surface area contributed by atoms with Crippen molar-refractivity contribution in [3.63, 3.8) is 0 Å². The molecule has 28 heavy (non-hydrogen) atoms. The van der Waals surface area contributed by atoms with Gasteiger partial charge in [-0.1, -0.05) is 15.9 Å². The van der Waals surface area contributed by atoms with E-state index in [4.69, 9.17) is 4.74 Å². The van der Waals surface area contributed by atoms with E-state index in [2.05, 4.69) is 31.5 Å². The third kappa shape index (κ3) is 4.96. The van der Waals surface area contributed by atoms with Crippen LogP contribution in [0.3, 0.4) is 0 Å². The molecule has 0 aliphatic heterocycles. The van der Waals surface area contributed by atoms with Gasteiger partial charge in [0.25, 0.3) is 5.91 Å². The number of benzene rings is 2. The second-order valence-corrected chi connectivity index (χ2v) is 8.01. The highest BCUT2D eigenvalue weighted by atomic mass is 79.9. The van der Waals surface area contributed by atoms with Crippen LogP contribution < -0.4 is 15.4 Å². The number of hydrogen-bond donors (Lipinski definition) is 2. The maximum Gasteiger partial charge on any atom is 0.251 e. The van der Waals surface area contributed by atoms with Crippen LogP contribution in [0.5, 0.6) is 5.75 Å². The molecule has 0 saturated carbocycles. The van der Waals surface area contributed by atoms with Crippen LogP contribution in [0.15, 0.2) is 53.0 Å². The van der Waals surface area contributed by atoms with E-state index in [0.29, 0.717) is 10.7 Å². The van der Waals surface area contributed by atoms with Gasteiger partial charge in [-0.15, -0.1) is 11.3 Å². The first kappa shape index (κ1) is 20.0. The van der Waals surface area contributed by atoms with Crippen molar-refractivity contribution in [2.45, 2.75) is 6.92 Å². The molecule has 6 nitrogen and oxygen atoms in total. The van der Waals surface area contributed by atoms with Crippen LogP contribution in [-0.2, 0) is 4.79 Å². The predicted molar refractivity (Wildman–Crippen MR) is 114 cm³/mol. The molecule has 144 valence electrons. The van der Waals surface area contributed by atoms with E-state index in [9.17, 15) is 9.59 Å². The summed E-state index contributed by atoms with van der Waals surface area (Å²) in [7, 11) is 1.62. The number of ether oxygens (including phenoxy) is 1. The number of anilines is 1. The van der Waals surface area contributed by atoms with Gasteiger partial charge in [0.05, 0.1) is 19.3 Å². The van der Waals surface area contributed by atoms with Gasteiger partial charge in [0.2, 0.25) is 5.91 Å². The number of nitrogens with zero attached hydrogens (tertiary/aromatic N) is 1. The SMILES string of the molecule is COc1ccc(-c2nc(NC(=O)CNC(=O)c3ccc(Br)cc3)sc2C)cc1. The molecule has 2 N–H and O–H groups in total. The van der Waals surface area contributed by atoms with Crippen molar-refractivity contribution in [2.24, 2.45) is 0 Å². The lowest BCUT2D eigenvalue weighted by Gasteiger charge is -2.05. The summed E-state index contributed by atoms with van der Waals surface area (Å²) in [6, 6.07) is 14.5. The first-order chi connectivity index (χ1) is 13.5. The van der Waals surface area contributed by atoms with E-state index < -0.39 is 0 Å². The van der Waals surface area contributed by atoms with Crippen molar-refractivity contribution in [1.82, 2.24) is 10.3 Å². The zero-order valence-electron chi connectivity index (χ0n) is 15.3. The van der Waals surface area contributed by atoms with Gasteiger partial charge in [0.1, 0.15) is 5.75 Å². The van der Waals surface area contributed by atoms with Crippen molar-refractivity contribution in [1.29, 1.82) is 0 Å². The van der Waals surface area contributed by atoms with Crippen molar-refractivity contribution >= 4 is 44.2 Å². The summed E-state index contributed by atoms with van der Waals surface area (Å²) in [5.41, 5.74) is 2.24. The Morgan fingerprint density at radius 2 is 1.79 bits per heavy atom. The van der Waals surface area contributed by atoms with Crippen LogP contribution in [0.2, 0.25) is 0 Å². The number of aryl methyl sites for hydroxylation is 1. The van der Waals surface area contributed by atoms with E-state index in [1.165, 1.54) is 11.3 Å². The number of methoxy groups -OCH3 is 1. The van der Waals surface area contributed by atoms with Crippen LogP contribution in [0.25, 0.3) is 11.3 Å². The summed E-state index contributed by atoms with van der Waals surface area (Å²) in [6.45, 7) is 1.81. The second-order valence-electron chi connectivity index (χ2n) is 5.89. The van der Waals surface area contributed by atoms with Gasteiger partial charge in [-0.2, -0.15) is 0 Å². The Labute approximate surface area is 175 Å². The number of carbonyl (C=O) groups excluding carboxylic acids is 2. The highest BCUT2D eigenvalue weighted by Crippen LogP contribution is 2.31. The molecule has 3 rings (SSSR count). The minimum atomic E-state index is -0.333. The highest BCUT2D eigenvalue weighted by molar-refractivity contribution is 9.10. The van der Waals surface area contributed by atoms with E-state index in [1.807, 2.05) is 31.2 Å². The number of hydrogen-bond acceptors (Lipinski definition) is 5. The van der Waals surface area contributed by atoms with E-state index in [0.717, 1.165) is 26.4 Å². The number of halogens is 1. The van der Waals surface area contributed by atoms with Gasteiger partial charge < -0.3 is 15.4 Å². The van der Waals surface area contributed by atoms with Gasteiger partial charge in [-0.25, -0.2) is 4.98 Å². The summed E-state index contributed by atoms with van der Waals surface area (Å²) < 4.78 is 6.05. The first-order valence-corrected chi connectivity index (χ1v) is 10.0. The molecule has 0 spiro atoms.